The molecule has 4 rings (SSSR count). The second kappa shape index (κ2) is 8.93. The molecule has 150 valence electrons. The second-order valence-electron chi connectivity index (χ2n) is 7.93. The van der Waals surface area contributed by atoms with Gasteiger partial charge in [0.15, 0.2) is 0 Å². The molecule has 0 amide bonds. The Balaban J connectivity index is 1.56. The molecule has 2 fully saturated rings. The first-order valence-electron chi connectivity index (χ1n) is 10.3. The first-order chi connectivity index (χ1) is 13.7. The maximum Gasteiger partial charge on any atom is 0.123 e. The summed E-state index contributed by atoms with van der Waals surface area (Å²) in [7, 11) is 0. The maximum absolute atomic E-state index is 13.3. The van der Waals surface area contributed by atoms with Gasteiger partial charge in [-0.25, -0.2) is 4.39 Å². The zero-order chi connectivity index (χ0) is 19.3. The molecule has 0 aliphatic carbocycles. The summed E-state index contributed by atoms with van der Waals surface area (Å²) in [5.74, 6) is 0.340. The third kappa shape index (κ3) is 4.47. The largest absolute Gasteiger partial charge is 0.393 e. The fourth-order valence-electron chi connectivity index (χ4n) is 4.59. The van der Waals surface area contributed by atoms with E-state index in [1.54, 1.807) is 0 Å². The SMILES string of the molecule is O[C@@H]1CCN(c2ccc(F)cc2)C[C@H]1[C@H](Nc1ccccc1)C1CCOCC1. The number of nitrogens with zero attached hydrogens (tertiary/aromatic N) is 1. The maximum atomic E-state index is 13.3. The van der Waals surface area contributed by atoms with E-state index in [2.05, 4.69) is 22.3 Å². The minimum atomic E-state index is -0.347. The molecule has 2 saturated heterocycles. The summed E-state index contributed by atoms with van der Waals surface area (Å²) >= 11 is 0. The number of aliphatic hydroxyl groups excluding tert-OH is 1. The molecular weight excluding hydrogens is 355 g/mol. The van der Waals surface area contributed by atoms with E-state index in [4.69, 9.17) is 4.74 Å². The van der Waals surface area contributed by atoms with Crippen LogP contribution in [0.15, 0.2) is 54.6 Å². The number of halogens is 1. The summed E-state index contributed by atoms with van der Waals surface area (Å²) < 4.78 is 18.9. The van der Waals surface area contributed by atoms with Crippen LogP contribution < -0.4 is 10.2 Å². The van der Waals surface area contributed by atoms with Crippen molar-refractivity contribution in [2.75, 3.05) is 36.5 Å². The van der Waals surface area contributed by atoms with Crippen LogP contribution in [0.2, 0.25) is 0 Å². The van der Waals surface area contributed by atoms with Crippen molar-refractivity contribution < 1.29 is 14.2 Å². The highest BCUT2D eigenvalue weighted by atomic mass is 19.1. The van der Waals surface area contributed by atoms with E-state index in [1.165, 1.54) is 12.1 Å². The van der Waals surface area contributed by atoms with Gasteiger partial charge in [-0.2, -0.15) is 0 Å². The smallest absolute Gasteiger partial charge is 0.123 e. The summed E-state index contributed by atoms with van der Waals surface area (Å²) in [6.45, 7) is 3.11. The second-order valence-corrected chi connectivity index (χ2v) is 7.93. The third-order valence-corrected chi connectivity index (χ3v) is 6.15. The Labute approximate surface area is 166 Å². The number of para-hydroxylation sites is 1. The van der Waals surface area contributed by atoms with Crippen LogP contribution in [0.25, 0.3) is 0 Å². The number of anilines is 2. The average Bonchev–Trinajstić information content (AvgIpc) is 2.75. The van der Waals surface area contributed by atoms with Gasteiger partial charge in [0.25, 0.3) is 0 Å². The Kier molecular flexibility index (Phi) is 6.13. The molecule has 0 bridgehead atoms. The van der Waals surface area contributed by atoms with E-state index in [1.807, 2.05) is 30.3 Å². The van der Waals surface area contributed by atoms with Crippen molar-refractivity contribution >= 4 is 11.4 Å². The molecule has 3 atom stereocenters. The molecule has 2 N–H and O–H groups in total. The van der Waals surface area contributed by atoms with E-state index in [0.29, 0.717) is 5.92 Å². The summed E-state index contributed by atoms with van der Waals surface area (Å²) in [6.07, 6.45) is 2.38. The highest BCUT2D eigenvalue weighted by Gasteiger charge is 2.38. The lowest BCUT2D eigenvalue weighted by molar-refractivity contribution is 0.0252. The number of nitrogens with one attached hydrogen (secondary N) is 1. The van der Waals surface area contributed by atoms with Crippen LogP contribution in [0.1, 0.15) is 19.3 Å². The van der Waals surface area contributed by atoms with Crippen LogP contribution in [0.3, 0.4) is 0 Å². The van der Waals surface area contributed by atoms with E-state index in [0.717, 1.165) is 56.9 Å². The predicted octanol–water partition coefficient (Wildman–Crippen LogP) is 3.92. The van der Waals surface area contributed by atoms with Crippen LogP contribution in [0, 0.1) is 17.7 Å². The van der Waals surface area contributed by atoms with Crippen molar-refractivity contribution in [3.05, 3.63) is 60.4 Å². The number of hydrogen-bond acceptors (Lipinski definition) is 4. The van der Waals surface area contributed by atoms with E-state index in [-0.39, 0.29) is 23.9 Å². The van der Waals surface area contributed by atoms with Crippen LogP contribution in [-0.4, -0.2) is 43.6 Å². The number of hydrogen-bond donors (Lipinski definition) is 2. The van der Waals surface area contributed by atoms with Gasteiger partial charge >= 0.3 is 0 Å². The monoisotopic (exact) mass is 384 g/mol. The van der Waals surface area contributed by atoms with Gasteiger partial charge in [0.05, 0.1) is 6.10 Å². The highest BCUT2D eigenvalue weighted by Crippen LogP contribution is 2.33. The van der Waals surface area contributed by atoms with Gasteiger partial charge < -0.3 is 20.1 Å². The van der Waals surface area contributed by atoms with Crippen LogP contribution in [-0.2, 0) is 4.74 Å². The molecule has 0 radical (unpaired) electrons. The van der Waals surface area contributed by atoms with E-state index in [9.17, 15) is 9.50 Å². The Morgan fingerprint density at radius 2 is 1.71 bits per heavy atom. The van der Waals surface area contributed by atoms with Crippen molar-refractivity contribution in [1.82, 2.24) is 0 Å². The topological polar surface area (TPSA) is 44.7 Å². The molecule has 28 heavy (non-hydrogen) atoms. The molecule has 2 aliphatic rings. The lowest BCUT2D eigenvalue weighted by Gasteiger charge is -2.45. The van der Waals surface area contributed by atoms with Crippen molar-refractivity contribution in [2.45, 2.75) is 31.4 Å². The molecular formula is C23H29FN2O2. The van der Waals surface area contributed by atoms with E-state index < -0.39 is 0 Å². The lowest BCUT2D eigenvalue weighted by atomic mass is 9.78. The van der Waals surface area contributed by atoms with Crippen molar-refractivity contribution in [1.29, 1.82) is 0 Å². The average molecular weight is 384 g/mol. The van der Waals surface area contributed by atoms with Gasteiger partial charge in [0.1, 0.15) is 5.82 Å². The lowest BCUT2D eigenvalue weighted by Crippen LogP contribution is -2.53. The van der Waals surface area contributed by atoms with Crippen LogP contribution in [0.4, 0.5) is 15.8 Å². The number of ether oxygens (including phenoxy) is 1. The van der Waals surface area contributed by atoms with Gasteiger partial charge in [0.2, 0.25) is 0 Å². The fourth-order valence-corrected chi connectivity index (χ4v) is 4.59. The molecule has 0 unspecified atom stereocenters. The summed E-state index contributed by atoms with van der Waals surface area (Å²) in [6, 6.07) is 17.1. The van der Waals surface area contributed by atoms with Crippen molar-refractivity contribution in [3.8, 4) is 0 Å². The number of piperidine rings is 1. The number of benzene rings is 2. The molecule has 2 aromatic carbocycles. The highest BCUT2D eigenvalue weighted by molar-refractivity contribution is 5.48. The van der Waals surface area contributed by atoms with Gasteiger partial charge in [-0.3, -0.25) is 0 Å². The van der Waals surface area contributed by atoms with Gasteiger partial charge in [0, 0.05) is 49.6 Å². The van der Waals surface area contributed by atoms with Gasteiger partial charge in [-0.05, 0) is 61.6 Å². The molecule has 0 aromatic heterocycles. The number of rotatable bonds is 5. The normalized spacial score (nSPS) is 24.7. The number of aliphatic hydroxyl groups is 1. The Morgan fingerprint density at radius 1 is 1.00 bits per heavy atom. The molecule has 0 saturated carbocycles. The Bertz CT molecular complexity index is 734. The van der Waals surface area contributed by atoms with E-state index >= 15 is 0 Å². The first-order valence-corrected chi connectivity index (χ1v) is 10.3. The minimum Gasteiger partial charge on any atom is -0.393 e. The quantitative estimate of drug-likeness (QED) is 0.820. The summed E-state index contributed by atoms with van der Waals surface area (Å²) in [4.78, 5) is 2.27. The van der Waals surface area contributed by atoms with Crippen molar-refractivity contribution in [3.63, 3.8) is 0 Å². The molecule has 4 nitrogen and oxygen atoms in total. The zero-order valence-corrected chi connectivity index (χ0v) is 16.1. The third-order valence-electron chi connectivity index (χ3n) is 6.15. The summed E-state index contributed by atoms with van der Waals surface area (Å²) in [5, 5.41) is 14.6. The Morgan fingerprint density at radius 3 is 2.43 bits per heavy atom. The fraction of sp³-hybridized carbons (Fsp3) is 0.478. The zero-order valence-electron chi connectivity index (χ0n) is 16.1. The Hall–Kier alpha value is -2.11. The standard InChI is InChI=1S/C23H29FN2O2/c24-18-6-8-20(9-7-18)26-13-10-22(27)21(16-26)23(17-11-14-28-15-12-17)25-19-4-2-1-3-5-19/h1-9,17,21-23,25,27H,10-16H2/t21-,22-,23-/m1/s1. The predicted molar refractivity (Wildman–Crippen MR) is 110 cm³/mol. The summed E-state index contributed by atoms with van der Waals surface area (Å²) in [5.41, 5.74) is 2.11. The molecule has 0 spiro atoms. The van der Waals surface area contributed by atoms with Crippen molar-refractivity contribution in [2.24, 2.45) is 11.8 Å². The molecule has 5 heteroatoms. The molecule has 2 aromatic rings. The van der Waals surface area contributed by atoms with Crippen LogP contribution >= 0.6 is 0 Å². The molecule has 2 heterocycles. The first kappa shape index (κ1) is 19.2. The van der Waals surface area contributed by atoms with Crippen LogP contribution in [0.5, 0.6) is 0 Å². The minimum absolute atomic E-state index is 0.0992. The van der Waals surface area contributed by atoms with Gasteiger partial charge in [-0.15, -0.1) is 0 Å². The molecule has 2 aliphatic heterocycles. The van der Waals surface area contributed by atoms with Gasteiger partial charge in [-0.1, -0.05) is 18.2 Å².